The van der Waals surface area contributed by atoms with E-state index in [9.17, 15) is 8.42 Å². The van der Waals surface area contributed by atoms with Crippen molar-refractivity contribution < 1.29 is 8.42 Å². The lowest BCUT2D eigenvalue weighted by Gasteiger charge is -2.00. The predicted octanol–water partition coefficient (Wildman–Crippen LogP) is 1.38. The molecule has 1 aromatic heterocycles. The molecule has 0 fully saturated rings. The van der Waals surface area contributed by atoms with E-state index < -0.39 is 9.84 Å². The maximum Gasteiger partial charge on any atom is 0.225 e. The second-order valence-electron chi connectivity index (χ2n) is 3.14. The first-order chi connectivity index (χ1) is 7.18. The lowest BCUT2D eigenvalue weighted by molar-refractivity contribution is 0.588. The fourth-order valence-electron chi connectivity index (χ4n) is 1.28. The minimum Gasteiger partial charge on any atom is -0.336 e. The molecular formula is C10H10N2O2S. The Labute approximate surface area is 87.9 Å². The largest absolute Gasteiger partial charge is 0.336 e. The topological polar surface area (TPSA) is 62.8 Å². The third-order valence-electron chi connectivity index (χ3n) is 1.97. The summed E-state index contributed by atoms with van der Waals surface area (Å²) in [7, 11) is -3.34. The fraction of sp³-hybridized carbons (Fsp3) is 0.100. The van der Waals surface area contributed by atoms with E-state index in [1.165, 1.54) is 12.4 Å². The van der Waals surface area contributed by atoms with Crippen molar-refractivity contribution in [1.29, 1.82) is 0 Å². The van der Waals surface area contributed by atoms with Crippen molar-refractivity contribution in [2.45, 2.75) is 10.9 Å². The number of nitrogens with one attached hydrogen (secondary N) is 1. The van der Waals surface area contributed by atoms with Crippen LogP contribution in [0.4, 0.5) is 0 Å². The molecule has 2 aromatic rings. The van der Waals surface area contributed by atoms with Gasteiger partial charge in [-0.15, -0.1) is 0 Å². The number of hydrogen-bond acceptors (Lipinski definition) is 3. The molecule has 0 amide bonds. The molecule has 0 aliphatic heterocycles. The van der Waals surface area contributed by atoms with E-state index in [1.807, 2.05) is 18.2 Å². The molecule has 0 radical (unpaired) electrons. The van der Waals surface area contributed by atoms with Crippen LogP contribution in [-0.2, 0) is 15.6 Å². The van der Waals surface area contributed by atoms with Crippen molar-refractivity contribution in [2.75, 3.05) is 0 Å². The molecular weight excluding hydrogens is 212 g/mol. The van der Waals surface area contributed by atoms with Crippen LogP contribution in [0.25, 0.3) is 0 Å². The number of aromatic amines is 1. The number of rotatable bonds is 3. The molecule has 0 saturated heterocycles. The van der Waals surface area contributed by atoms with Crippen LogP contribution in [0, 0.1) is 0 Å². The molecule has 0 saturated carbocycles. The second kappa shape index (κ2) is 3.86. The van der Waals surface area contributed by atoms with Crippen LogP contribution in [0.5, 0.6) is 0 Å². The van der Waals surface area contributed by atoms with Gasteiger partial charge in [0.15, 0.2) is 0 Å². The van der Waals surface area contributed by atoms with Gasteiger partial charge < -0.3 is 4.98 Å². The summed E-state index contributed by atoms with van der Waals surface area (Å²) in [5.41, 5.74) is 0.758. The molecule has 15 heavy (non-hydrogen) atoms. The van der Waals surface area contributed by atoms with Gasteiger partial charge in [-0.25, -0.2) is 13.4 Å². The Morgan fingerprint density at radius 2 is 1.93 bits per heavy atom. The van der Waals surface area contributed by atoms with E-state index in [-0.39, 0.29) is 10.9 Å². The van der Waals surface area contributed by atoms with Crippen molar-refractivity contribution >= 4 is 9.84 Å². The van der Waals surface area contributed by atoms with E-state index in [0.29, 0.717) is 0 Å². The van der Waals surface area contributed by atoms with Gasteiger partial charge in [-0.3, -0.25) is 0 Å². The van der Waals surface area contributed by atoms with Gasteiger partial charge in [0.1, 0.15) is 0 Å². The normalized spacial score (nSPS) is 11.5. The number of benzene rings is 1. The summed E-state index contributed by atoms with van der Waals surface area (Å²) in [5, 5.41) is 0.0198. The van der Waals surface area contributed by atoms with E-state index in [0.717, 1.165) is 5.56 Å². The molecule has 0 bridgehead atoms. The molecule has 0 aliphatic rings. The van der Waals surface area contributed by atoms with Gasteiger partial charge >= 0.3 is 0 Å². The van der Waals surface area contributed by atoms with E-state index >= 15 is 0 Å². The lowest BCUT2D eigenvalue weighted by atomic mass is 10.2. The number of aromatic nitrogens is 2. The molecule has 4 nitrogen and oxygen atoms in total. The predicted molar refractivity (Wildman–Crippen MR) is 55.9 cm³/mol. The molecule has 0 spiro atoms. The van der Waals surface area contributed by atoms with Gasteiger partial charge in [-0.1, -0.05) is 30.3 Å². The zero-order valence-electron chi connectivity index (χ0n) is 7.92. The minimum atomic E-state index is -3.34. The third-order valence-corrected chi connectivity index (χ3v) is 3.49. The van der Waals surface area contributed by atoms with Crippen molar-refractivity contribution in [3.05, 3.63) is 48.3 Å². The Morgan fingerprint density at radius 1 is 1.20 bits per heavy atom. The summed E-state index contributed by atoms with van der Waals surface area (Å²) in [6.07, 6.45) is 2.93. The summed E-state index contributed by atoms with van der Waals surface area (Å²) < 4.78 is 23.5. The number of H-pyrrole nitrogens is 1. The zero-order valence-corrected chi connectivity index (χ0v) is 8.74. The number of nitrogens with zero attached hydrogens (tertiary/aromatic N) is 1. The SMILES string of the molecule is O=S(=O)(Cc1ccccc1)c1ncc[nH]1. The first kappa shape index (κ1) is 9.92. The number of hydrogen-bond donors (Lipinski definition) is 1. The van der Waals surface area contributed by atoms with Gasteiger partial charge in [0.2, 0.25) is 15.0 Å². The van der Waals surface area contributed by atoms with Gasteiger partial charge in [0.25, 0.3) is 0 Å². The first-order valence-electron chi connectivity index (χ1n) is 4.44. The van der Waals surface area contributed by atoms with Crippen LogP contribution < -0.4 is 0 Å². The smallest absolute Gasteiger partial charge is 0.225 e. The van der Waals surface area contributed by atoms with Crippen LogP contribution in [0.3, 0.4) is 0 Å². The first-order valence-corrected chi connectivity index (χ1v) is 6.10. The lowest BCUT2D eigenvalue weighted by Crippen LogP contribution is -2.06. The van der Waals surface area contributed by atoms with Crippen molar-refractivity contribution in [2.24, 2.45) is 0 Å². The summed E-state index contributed by atoms with van der Waals surface area (Å²) in [6.45, 7) is 0. The number of imidazole rings is 1. The van der Waals surface area contributed by atoms with Crippen molar-refractivity contribution in [3.8, 4) is 0 Å². The minimum absolute atomic E-state index is 0.0198. The summed E-state index contributed by atoms with van der Waals surface area (Å²) in [6, 6.07) is 9.03. The van der Waals surface area contributed by atoms with Gasteiger partial charge in [-0.05, 0) is 5.56 Å². The van der Waals surface area contributed by atoms with E-state index in [4.69, 9.17) is 0 Å². The maximum absolute atomic E-state index is 11.8. The molecule has 1 heterocycles. The van der Waals surface area contributed by atoms with Crippen LogP contribution in [0.1, 0.15) is 5.56 Å². The molecule has 1 N–H and O–H groups in total. The quantitative estimate of drug-likeness (QED) is 0.853. The average molecular weight is 222 g/mol. The Kier molecular flexibility index (Phi) is 2.55. The Balaban J connectivity index is 2.27. The highest BCUT2D eigenvalue weighted by atomic mass is 32.2. The van der Waals surface area contributed by atoms with Gasteiger partial charge in [0.05, 0.1) is 5.75 Å². The highest BCUT2D eigenvalue weighted by Crippen LogP contribution is 2.11. The Bertz CT molecular complexity index is 518. The monoisotopic (exact) mass is 222 g/mol. The Morgan fingerprint density at radius 3 is 2.53 bits per heavy atom. The molecule has 0 aliphatic carbocycles. The van der Waals surface area contributed by atoms with E-state index in [1.54, 1.807) is 12.1 Å². The third kappa shape index (κ3) is 2.24. The maximum atomic E-state index is 11.8. The van der Waals surface area contributed by atoms with Crippen LogP contribution in [-0.4, -0.2) is 18.4 Å². The standard InChI is InChI=1S/C10H10N2O2S/c13-15(14,10-11-6-7-12-10)8-9-4-2-1-3-5-9/h1-7H,8H2,(H,11,12). The van der Waals surface area contributed by atoms with Gasteiger partial charge in [0, 0.05) is 12.4 Å². The zero-order chi connectivity index (χ0) is 10.7. The van der Waals surface area contributed by atoms with Crippen LogP contribution >= 0.6 is 0 Å². The van der Waals surface area contributed by atoms with Crippen molar-refractivity contribution in [3.63, 3.8) is 0 Å². The molecule has 2 rings (SSSR count). The molecule has 0 unspecified atom stereocenters. The second-order valence-corrected chi connectivity index (χ2v) is 5.04. The fourth-order valence-corrected chi connectivity index (χ4v) is 2.52. The molecule has 0 atom stereocenters. The Hall–Kier alpha value is -1.62. The summed E-state index contributed by atoms with van der Waals surface area (Å²) in [4.78, 5) is 6.34. The highest BCUT2D eigenvalue weighted by Gasteiger charge is 2.17. The summed E-state index contributed by atoms with van der Waals surface area (Å²) >= 11 is 0. The molecule has 5 heteroatoms. The van der Waals surface area contributed by atoms with Crippen molar-refractivity contribution in [1.82, 2.24) is 9.97 Å². The molecule has 1 aromatic carbocycles. The number of sulfone groups is 1. The van der Waals surface area contributed by atoms with Crippen LogP contribution in [0.15, 0.2) is 47.9 Å². The highest BCUT2D eigenvalue weighted by molar-refractivity contribution is 7.90. The van der Waals surface area contributed by atoms with Crippen LogP contribution in [0.2, 0.25) is 0 Å². The van der Waals surface area contributed by atoms with E-state index in [2.05, 4.69) is 9.97 Å². The average Bonchev–Trinajstić information content (AvgIpc) is 2.71. The van der Waals surface area contributed by atoms with Gasteiger partial charge in [-0.2, -0.15) is 0 Å². The molecule has 78 valence electrons. The summed E-state index contributed by atoms with van der Waals surface area (Å²) in [5.74, 6) is -0.0264.